The number of nitrogens with one attached hydrogen (secondary N) is 1. The normalized spacial score (nSPS) is 10.5. The standard InChI is InChI=1S/C14H15IN2OS/c1-3-10-7-16-12(19-10)8-17-14(18)11-6-4-5-9(2)13(11)15/h4-7H,3,8H2,1-2H3,(H,17,18). The minimum Gasteiger partial charge on any atom is -0.345 e. The number of amides is 1. The van der Waals surface area contributed by atoms with E-state index < -0.39 is 0 Å². The van der Waals surface area contributed by atoms with Gasteiger partial charge in [-0.3, -0.25) is 4.79 Å². The number of rotatable bonds is 4. The molecule has 100 valence electrons. The first-order valence-corrected chi connectivity index (χ1v) is 7.98. The molecule has 0 saturated heterocycles. The van der Waals surface area contributed by atoms with E-state index in [2.05, 4.69) is 39.8 Å². The lowest BCUT2D eigenvalue weighted by molar-refractivity contribution is 0.0950. The van der Waals surface area contributed by atoms with Crippen LogP contribution >= 0.6 is 33.9 Å². The first kappa shape index (κ1) is 14.5. The average molecular weight is 386 g/mol. The average Bonchev–Trinajstić information content (AvgIpc) is 2.87. The lowest BCUT2D eigenvalue weighted by Crippen LogP contribution is -2.23. The molecule has 1 aromatic heterocycles. The fourth-order valence-electron chi connectivity index (χ4n) is 1.67. The molecule has 2 aromatic rings. The Morgan fingerprint density at radius 2 is 2.26 bits per heavy atom. The maximum absolute atomic E-state index is 12.1. The number of aryl methyl sites for hydroxylation is 2. The number of halogens is 1. The highest BCUT2D eigenvalue weighted by Crippen LogP contribution is 2.17. The van der Waals surface area contributed by atoms with Crippen molar-refractivity contribution >= 4 is 39.8 Å². The largest absolute Gasteiger partial charge is 0.345 e. The number of hydrogen-bond donors (Lipinski definition) is 1. The van der Waals surface area contributed by atoms with Crippen LogP contribution in [0.2, 0.25) is 0 Å². The predicted molar refractivity (Wildman–Crippen MR) is 86.6 cm³/mol. The molecule has 0 saturated carbocycles. The zero-order valence-electron chi connectivity index (χ0n) is 10.9. The van der Waals surface area contributed by atoms with E-state index in [1.807, 2.05) is 31.3 Å². The third-order valence-corrected chi connectivity index (χ3v) is 5.36. The topological polar surface area (TPSA) is 42.0 Å². The summed E-state index contributed by atoms with van der Waals surface area (Å²) >= 11 is 3.86. The molecule has 0 fully saturated rings. The summed E-state index contributed by atoms with van der Waals surface area (Å²) in [7, 11) is 0. The Morgan fingerprint density at radius 3 is 2.95 bits per heavy atom. The van der Waals surface area contributed by atoms with Crippen molar-refractivity contribution in [1.29, 1.82) is 0 Å². The molecule has 0 atom stereocenters. The maximum Gasteiger partial charge on any atom is 0.252 e. The van der Waals surface area contributed by atoms with Crippen molar-refractivity contribution in [3.63, 3.8) is 0 Å². The molecule has 0 aliphatic carbocycles. The van der Waals surface area contributed by atoms with Crippen LogP contribution in [0.25, 0.3) is 0 Å². The number of carbonyl (C=O) groups is 1. The molecule has 1 heterocycles. The molecule has 0 aliphatic rings. The molecule has 19 heavy (non-hydrogen) atoms. The maximum atomic E-state index is 12.1. The van der Waals surface area contributed by atoms with Gasteiger partial charge >= 0.3 is 0 Å². The first-order chi connectivity index (χ1) is 9.11. The summed E-state index contributed by atoms with van der Waals surface area (Å²) in [5.74, 6) is -0.0404. The third kappa shape index (κ3) is 3.54. The smallest absolute Gasteiger partial charge is 0.252 e. The zero-order chi connectivity index (χ0) is 13.8. The summed E-state index contributed by atoms with van der Waals surface area (Å²) in [6.45, 7) is 4.60. The fourth-order valence-corrected chi connectivity index (χ4v) is 3.07. The number of benzene rings is 1. The molecular weight excluding hydrogens is 371 g/mol. The Balaban J connectivity index is 2.03. The highest BCUT2D eigenvalue weighted by molar-refractivity contribution is 14.1. The van der Waals surface area contributed by atoms with Gasteiger partial charge in [0.25, 0.3) is 5.91 Å². The van der Waals surface area contributed by atoms with Crippen molar-refractivity contribution < 1.29 is 4.79 Å². The second-order valence-electron chi connectivity index (χ2n) is 4.19. The molecule has 0 bridgehead atoms. The van der Waals surface area contributed by atoms with Gasteiger partial charge in [0.2, 0.25) is 0 Å². The minimum atomic E-state index is -0.0404. The van der Waals surface area contributed by atoms with E-state index in [1.54, 1.807) is 11.3 Å². The van der Waals surface area contributed by atoms with Crippen LogP contribution in [0.5, 0.6) is 0 Å². The van der Waals surface area contributed by atoms with Crippen LogP contribution in [-0.2, 0) is 13.0 Å². The Kier molecular flexibility index (Phi) is 4.93. The lowest BCUT2D eigenvalue weighted by Gasteiger charge is -2.07. The van der Waals surface area contributed by atoms with Gasteiger partial charge in [0, 0.05) is 14.6 Å². The molecule has 1 aromatic carbocycles. The van der Waals surface area contributed by atoms with Crippen molar-refractivity contribution in [1.82, 2.24) is 10.3 Å². The Bertz CT molecular complexity index is 595. The summed E-state index contributed by atoms with van der Waals surface area (Å²) in [4.78, 5) is 17.7. The number of carbonyl (C=O) groups excluding carboxylic acids is 1. The van der Waals surface area contributed by atoms with Crippen molar-refractivity contribution in [3.05, 3.63) is 49.0 Å². The Hall–Kier alpha value is -0.950. The predicted octanol–water partition coefficient (Wildman–Crippen LogP) is 3.55. The van der Waals surface area contributed by atoms with Crippen LogP contribution in [0.3, 0.4) is 0 Å². The minimum absolute atomic E-state index is 0.0404. The van der Waals surface area contributed by atoms with E-state index >= 15 is 0 Å². The van der Waals surface area contributed by atoms with E-state index in [9.17, 15) is 4.79 Å². The van der Waals surface area contributed by atoms with Crippen LogP contribution in [0, 0.1) is 10.5 Å². The SMILES string of the molecule is CCc1cnc(CNC(=O)c2cccc(C)c2I)s1. The van der Waals surface area contributed by atoms with Gasteiger partial charge in [-0.15, -0.1) is 11.3 Å². The van der Waals surface area contributed by atoms with Crippen LogP contribution in [0.1, 0.15) is 32.7 Å². The van der Waals surface area contributed by atoms with Crippen LogP contribution < -0.4 is 5.32 Å². The highest BCUT2D eigenvalue weighted by atomic mass is 127. The molecule has 0 unspecified atom stereocenters. The summed E-state index contributed by atoms with van der Waals surface area (Å²) in [6.07, 6.45) is 2.87. The van der Waals surface area contributed by atoms with Gasteiger partial charge in [0.15, 0.2) is 0 Å². The van der Waals surface area contributed by atoms with E-state index in [0.717, 1.165) is 26.1 Å². The molecule has 2 rings (SSSR count). The Labute approximate surface area is 130 Å². The number of thiazole rings is 1. The van der Waals surface area contributed by atoms with E-state index in [-0.39, 0.29) is 5.91 Å². The number of nitrogens with zero attached hydrogens (tertiary/aromatic N) is 1. The molecule has 1 amide bonds. The van der Waals surface area contributed by atoms with Crippen LogP contribution in [0.4, 0.5) is 0 Å². The summed E-state index contributed by atoms with van der Waals surface area (Å²) < 4.78 is 1.01. The van der Waals surface area contributed by atoms with Gasteiger partial charge in [-0.1, -0.05) is 19.1 Å². The second-order valence-corrected chi connectivity index (χ2v) is 6.47. The van der Waals surface area contributed by atoms with E-state index in [4.69, 9.17) is 0 Å². The molecule has 5 heteroatoms. The summed E-state index contributed by atoms with van der Waals surface area (Å²) in [5.41, 5.74) is 1.85. The molecule has 0 radical (unpaired) electrons. The molecule has 1 N–H and O–H groups in total. The third-order valence-electron chi connectivity index (χ3n) is 2.79. The number of aromatic nitrogens is 1. The molecular formula is C14H15IN2OS. The highest BCUT2D eigenvalue weighted by Gasteiger charge is 2.11. The lowest BCUT2D eigenvalue weighted by atomic mass is 10.1. The van der Waals surface area contributed by atoms with Gasteiger partial charge in [-0.05, 0) is 47.6 Å². The van der Waals surface area contributed by atoms with E-state index in [1.165, 1.54) is 4.88 Å². The van der Waals surface area contributed by atoms with Crippen molar-refractivity contribution in [2.75, 3.05) is 0 Å². The quantitative estimate of drug-likeness (QED) is 0.817. The summed E-state index contributed by atoms with van der Waals surface area (Å²) in [5, 5.41) is 3.88. The van der Waals surface area contributed by atoms with Gasteiger partial charge < -0.3 is 5.32 Å². The molecule has 0 spiro atoms. The summed E-state index contributed by atoms with van der Waals surface area (Å²) in [6, 6.07) is 5.77. The van der Waals surface area contributed by atoms with Gasteiger partial charge in [0.1, 0.15) is 5.01 Å². The van der Waals surface area contributed by atoms with Crippen molar-refractivity contribution in [3.8, 4) is 0 Å². The van der Waals surface area contributed by atoms with Crippen LogP contribution in [-0.4, -0.2) is 10.9 Å². The first-order valence-electron chi connectivity index (χ1n) is 6.08. The van der Waals surface area contributed by atoms with Gasteiger partial charge in [-0.2, -0.15) is 0 Å². The van der Waals surface area contributed by atoms with Gasteiger partial charge in [0.05, 0.1) is 12.1 Å². The van der Waals surface area contributed by atoms with Crippen molar-refractivity contribution in [2.45, 2.75) is 26.8 Å². The van der Waals surface area contributed by atoms with E-state index in [0.29, 0.717) is 6.54 Å². The number of hydrogen-bond acceptors (Lipinski definition) is 3. The van der Waals surface area contributed by atoms with Crippen LogP contribution in [0.15, 0.2) is 24.4 Å². The van der Waals surface area contributed by atoms with Gasteiger partial charge in [-0.25, -0.2) is 4.98 Å². The second kappa shape index (κ2) is 6.47. The molecule has 3 nitrogen and oxygen atoms in total. The molecule has 0 aliphatic heterocycles. The Morgan fingerprint density at radius 1 is 1.47 bits per heavy atom. The fraction of sp³-hybridized carbons (Fsp3) is 0.286. The monoisotopic (exact) mass is 386 g/mol. The van der Waals surface area contributed by atoms with Crippen molar-refractivity contribution in [2.24, 2.45) is 0 Å². The zero-order valence-corrected chi connectivity index (χ0v) is 13.8.